The first-order valence-electron chi connectivity index (χ1n) is 6.47. The molecular weight excluding hydrogens is 190 g/mol. The molecule has 0 aromatic carbocycles. The van der Waals surface area contributed by atoms with Gasteiger partial charge in [-0.05, 0) is 31.6 Å². The molecule has 0 unspecified atom stereocenters. The second-order valence-electron chi connectivity index (χ2n) is 4.92. The first-order chi connectivity index (χ1) is 7.45. The standard InChI is InChI=1S/C12H23NO2/c1-2-8-12(9-3-1)15-13-14-10-11-6-4-5-7-11/h11-13H,1-10H2. The molecule has 15 heavy (non-hydrogen) atoms. The average molecular weight is 213 g/mol. The molecule has 0 aliphatic heterocycles. The second-order valence-corrected chi connectivity index (χ2v) is 4.92. The molecule has 88 valence electrons. The summed E-state index contributed by atoms with van der Waals surface area (Å²) in [5.41, 5.74) is 2.68. The molecule has 0 aromatic heterocycles. The summed E-state index contributed by atoms with van der Waals surface area (Å²) in [6.45, 7) is 0.812. The Hall–Kier alpha value is -0.120. The summed E-state index contributed by atoms with van der Waals surface area (Å²) >= 11 is 0. The molecule has 0 radical (unpaired) electrons. The quantitative estimate of drug-likeness (QED) is 0.562. The van der Waals surface area contributed by atoms with E-state index in [1.807, 2.05) is 0 Å². The molecular formula is C12H23NO2. The Kier molecular flexibility index (Phi) is 4.90. The van der Waals surface area contributed by atoms with Gasteiger partial charge in [-0.1, -0.05) is 37.7 Å². The highest BCUT2D eigenvalue weighted by Gasteiger charge is 2.16. The first-order valence-corrected chi connectivity index (χ1v) is 6.47. The zero-order valence-corrected chi connectivity index (χ0v) is 9.54. The number of rotatable bonds is 5. The van der Waals surface area contributed by atoms with Crippen molar-refractivity contribution < 1.29 is 9.68 Å². The number of hydrogen-bond acceptors (Lipinski definition) is 3. The van der Waals surface area contributed by atoms with Gasteiger partial charge in [0.2, 0.25) is 0 Å². The van der Waals surface area contributed by atoms with Gasteiger partial charge in [-0.3, -0.25) is 9.68 Å². The molecule has 1 N–H and O–H groups in total. The first kappa shape index (κ1) is 11.4. The summed E-state index contributed by atoms with van der Waals surface area (Å²) < 4.78 is 0. The molecule has 0 heterocycles. The van der Waals surface area contributed by atoms with Gasteiger partial charge in [-0.25, -0.2) is 0 Å². The molecule has 0 aromatic rings. The van der Waals surface area contributed by atoms with Crippen molar-refractivity contribution in [2.75, 3.05) is 6.61 Å². The summed E-state index contributed by atoms with van der Waals surface area (Å²) in [4.78, 5) is 10.8. The van der Waals surface area contributed by atoms with E-state index in [9.17, 15) is 0 Å². The number of nitrogens with one attached hydrogen (secondary N) is 1. The van der Waals surface area contributed by atoms with Gasteiger partial charge < -0.3 is 0 Å². The van der Waals surface area contributed by atoms with Gasteiger partial charge in [-0.15, -0.1) is 0 Å². The van der Waals surface area contributed by atoms with Gasteiger partial charge in [0.25, 0.3) is 0 Å². The SMILES string of the molecule is C1CCC(ONOCC2CCCC2)CC1. The van der Waals surface area contributed by atoms with Gasteiger partial charge >= 0.3 is 0 Å². The monoisotopic (exact) mass is 213 g/mol. The molecule has 3 nitrogen and oxygen atoms in total. The maximum atomic E-state index is 5.47. The van der Waals surface area contributed by atoms with E-state index in [-0.39, 0.29) is 0 Å². The van der Waals surface area contributed by atoms with E-state index < -0.39 is 0 Å². The van der Waals surface area contributed by atoms with Gasteiger partial charge in [0, 0.05) is 0 Å². The molecule has 0 amide bonds. The van der Waals surface area contributed by atoms with Crippen LogP contribution in [0.25, 0.3) is 0 Å². The van der Waals surface area contributed by atoms with Crippen LogP contribution in [0.1, 0.15) is 57.8 Å². The Morgan fingerprint density at radius 2 is 1.53 bits per heavy atom. The van der Waals surface area contributed by atoms with Crippen LogP contribution in [-0.2, 0) is 9.68 Å². The molecule has 0 saturated heterocycles. The minimum atomic E-state index is 0.377. The highest BCUT2D eigenvalue weighted by atomic mass is 16.9. The average Bonchev–Trinajstić information content (AvgIpc) is 2.79. The second kappa shape index (κ2) is 6.46. The van der Waals surface area contributed by atoms with Crippen LogP contribution < -0.4 is 5.64 Å². The van der Waals surface area contributed by atoms with E-state index in [0.717, 1.165) is 12.5 Å². The normalized spacial score (nSPS) is 24.8. The van der Waals surface area contributed by atoms with Crippen LogP contribution in [-0.4, -0.2) is 12.7 Å². The van der Waals surface area contributed by atoms with E-state index in [1.54, 1.807) is 0 Å². The molecule has 2 fully saturated rings. The summed E-state index contributed by atoms with van der Waals surface area (Å²) in [6, 6.07) is 0. The summed E-state index contributed by atoms with van der Waals surface area (Å²) in [6.07, 6.45) is 12.1. The van der Waals surface area contributed by atoms with Crippen molar-refractivity contribution in [2.24, 2.45) is 5.92 Å². The molecule has 2 aliphatic rings. The van der Waals surface area contributed by atoms with E-state index in [0.29, 0.717) is 6.10 Å². The van der Waals surface area contributed by atoms with E-state index in [4.69, 9.17) is 9.68 Å². The van der Waals surface area contributed by atoms with E-state index in [1.165, 1.54) is 57.8 Å². The molecule has 0 atom stereocenters. The Labute approximate surface area is 92.4 Å². The predicted octanol–water partition coefficient (Wildman–Crippen LogP) is 2.96. The Morgan fingerprint density at radius 1 is 0.867 bits per heavy atom. The van der Waals surface area contributed by atoms with Crippen molar-refractivity contribution in [2.45, 2.75) is 63.9 Å². The third-order valence-electron chi connectivity index (χ3n) is 3.62. The van der Waals surface area contributed by atoms with Crippen LogP contribution in [0, 0.1) is 5.92 Å². The zero-order valence-electron chi connectivity index (χ0n) is 9.54. The molecule has 2 rings (SSSR count). The fourth-order valence-corrected chi connectivity index (χ4v) is 2.61. The minimum absolute atomic E-state index is 0.377. The smallest absolute Gasteiger partial charge is 0.0817 e. The van der Waals surface area contributed by atoms with Crippen molar-refractivity contribution >= 4 is 0 Å². The Morgan fingerprint density at radius 3 is 2.27 bits per heavy atom. The van der Waals surface area contributed by atoms with Crippen LogP contribution >= 0.6 is 0 Å². The van der Waals surface area contributed by atoms with Gasteiger partial charge in [-0.2, -0.15) is 0 Å². The predicted molar refractivity (Wildman–Crippen MR) is 59.0 cm³/mol. The molecule has 3 heteroatoms. The maximum absolute atomic E-state index is 5.47. The Bertz CT molecular complexity index is 163. The third kappa shape index (κ3) is 4.09. The maximum Gasteiger partial charge on any atom is 0.0817 e. The highest BCUT2D eigenvalue weighted by molar-refractivity contribution is 4.66. The largest absolute Gasteiger partial charge is 0.276 e. The summed E-state index contributed by atoms with van der Waals surface area (Å²) in [7, 11) is 0. The zero-order chi connectivity index (χ0) is 10.3. The third-order valence-corrected chi connectivity index (χ3v) is 3.62. The van der Waals surface area contributed by atoms with Crippen molar-refractivity contribution in [3.63, 3.8) is 0 Å². The molecule has 2 aliphatic carbocycles. The Balaban J connectivity index is 1.47. The van der Waals surface area contributed by atoms with Crippen molar-refractivity contribution in [1.29, 1.82) is 0 Å². The van der Waals surface area contributed by atoms with Gasteiger partial charge in [0.15, 0.2) is 0 Å². The minimum Gasteiger partial charge on any atom is -0.276 e. The lowest BCUT2D eigenvalue weighted by atomic mass is 9.98. The lowest BCUT2D eigenvalue weighted by Gasteiger charge is -2.21. The molecule has 0 spiro atoms. The van der Waals surface area contributed by atoms with Crippen LogP contribution in [0.3, 0.4) is 0 Å². The van der Waals surface area contributed by atoms with Crippen molar-refractivity contribution in [1.82, 2.24) is 5.64 Å². The summed E-state index contributed by atoms with van der Waals surface area (Å²) in [5, 5.41) is 0. The van der Waals surface area contributed by atoms with Crippen molar-refractivity contribution in [3.05, 3.63) is 0 Å². The van der Waals surface area contributed by atoms with E-state index in [2.05, 4.69) is 5.64 Å². The topological polar surface area (TPSA) is 30.5 Å². The fourth-order valence-electron chi connectivity index (χ4n) is 2.61. The lowest BCUT2D eigenvalue weighted by Crippen LogP contribution is -2.27. The molecule has 0 bridgehead atoms. The van der Waals surface area contributed by atoms with Crippen LogP contribution in [0.2, 0.25) is 0 Å². The lowest BCUT2D eigenvalue weighted by molar-refractivity contribution is -0.208. The molecule has 2 saturated carbocycles. The highest BCUT2D eigenvalue weighted by Crippen LogP contribution is 2.24. The fraction of sp³-hybridized carbons (Fsp3) is 1.00. The van der Waals surface area contributed by atoms with Crippen LogP contribution in [0.5, 0.6) is 0 Å². The van der Waals surface area contributed by atoms with Gasteiger partial charge in [0.05, 0.1) is 12.7 Å². The van der Waals surface area contributed by atoms with Crippen molar-refractivity contribution in [3.8, 4) is 0 Å². The van der Waals surface area contributed by atoms with Crippen LogP contribution in [0.15, 0.2) is 0 Å². The summed E-state index contributed by atoms with van der Waals surface area (Å²) in [5.74, 6) is 0.757. The van der Waals surface area contributed by atoms with E-state index >= 15 is 0 Å². The van der Waals surface area contributed by atoms with Crippen LogP contribution in [0.4, 0.5) is 0 Å². The van der Waals surface area contributed by atoms with Gasteiger partial charge in [0.1, 0.15) is 0 Å². The number of hydrogen-bond donors (Lipinski definition) is 1.